The maximum Gasteiger partial charge on any atom is 0.306 e. The third-order valence-electron chi connectivity index (χ3n) is 4.35. The number of nitrogens with zero attached hydrogens (tertiary/aromatic N) is 5. The van der Waals surface area contributed by atoms with E-state index in [-0.39, 0.29) is 31.2 Å². The van der Waals surface area contributed by atoms with Gasteiger partial charge in [0, 0.05) is 26.2 Å². The summed E-state index contributed by atoms with van der Waals surface area (Å²) in [5.41, 5.74) is -0.123. The number of carbonyl (C=O) groups is 1. The summed E-state index contributed by atoms with van der Waals surface area (Å²) in [6.45, 7) is 3.06. The maximum atomic E-state index is 12.6. The molecule has 0 radical (unpaired) electrons. The van der Waals surface area contributed by atoms with Gasteiger partial charge in [0.2, 0.25) is 5.91 Å². The Hall–Kier alpha value is -2.31. The van der Waals surface area contributed by atoms with Gasteiger partial charge in [-0.3, -0.25) is 19.6 Å². The molecule has 0 aromatic carbocycles. The molecule has 1 unspecified atom stereocenters. The van der Waals surface area contributed by atoms with Crippen LogP contribution in [0.4, 0.5) is 5.69 Å². The molecule has 146 valence electrons. The van der Waals surface area contributed by atoms with E-state index in [0.717, 1.165) is 6.20 Å². The van der Waals surface area contributed by atoms with Crippen molar-refractivity contribution in [1.29, 1.82) is 0 Å². The van der Waals surface area contributed by atoms with E-state index >= 15 is 0 Å². The number of piperazine rings is 1. The lowest BCUT2D eigenvalue weighted by Crippen LogP contribution is -2.51. The smallest absolute Gasteiger partial charge is 0.306 e. The first kappa shape index (κ1) is 19.5. The Kier molecular flexibility index (Phi) is 5.58. The van der Waals surface area contributed by atoms with Crippen LogP contribution in [0.25, 0.3) is 0 Å². The van der Waals surface area contributed by atoms with Crippen LogP contribution in [-0.4, -0.2) is 64.4 Å². The van der Waals surface area contributed by atoms with Crippen LogP contribution in [0.3, 0.4) is 0 Å². The average Bonchev–Trinajstić information content (AvgIpc) is 3.33. The number of nitro groups is 1. The van der Waals surface area contributed by atoms with Gasteiger partial charge in [0.05, 0.1) is 17.4 Å². The van der Waals surface area contributed by atoms with Crippen LogP contribution >= 0.6 is 11.3 Å². The number of hydrogen-bond acceptors (Lipinski definition) is 7. The second-order valence-electron chi connectivity index (χ2n) is 6.24. The van der Waals surface area contributed by atoms with Crippen molar-refractivity contribution in [2.24, 2.45) is 5.92 Å². The maximum absolute atomic E-state index is 12.6. The van der Waals surface area contributed by atoms with Crippen LogP contribution in [0.2, 0.25) is 0 Å². The molecule has 1 saturated heterocycles. The first-order valence-corrected chi connectivity index (χ1v) is 10.6. The standard InChI is InChI=1S/C15H19N5O5S2/c1-12(10-18-11-13(9-16-18)20(22)23)15(21)17-4-6-19(7-5-17)27(24,25)14-3-2-8-26-14/h2-3,8-9,11-12H,4-7,10H2,1H3. The molecule has 1 amide bonds. The van der Waals surface area contributed by atoms with Gasteiger partial charge in [-0.1, -0.05) is 13.0 Å². The van der Waals surface area contributed by atoms with E-state index in [1.165, 1.54) is 26.5 Å². The number of carbonyl (C=O) groups excluding carboxylic acids is 1. The number of hydrogen-bond donors (Lipinski definition) is 0. The highest BCUT2D eigenvalue weighted by atomic mass is 32.2. The zero-order valence-electron chi connectivity index (χ0n) is 14.6. The van der Waals surface area contributed by atoms with Crippen molar-refractivity contribution >= 4 is 33.0 Å². The van der Waals surface area contributed by atoms with Crippen LogP contribution < -0.4 is 0 Å². The van der Waals surface area contributed by atoms with Crippen LogP contribution in [0.15, 0.2) is 34.1 Å². The van der Waals surface area contributed by atoms with Gasteiger partial charge in [-0.25, -0.2) is 8.42 Å². The molecule has 0 bridgehead atoms. The molecule has 1 atom stereocenters. The van der Waals surface area contributed by atoms with Gasteiger partial charge in [0.25, 0.3) is 10.0 Å². The fraction of sp³-hybridized carbons (Fsp3) is 0.467. The minimum Gasteiger partial charge on any atom is -0.340 e. The van der Waals surface area contributed by atoms with Crippen molar-refractivity contribution in [2.45, 2.75) is 17.7 Å². The molecule has 0 saturated carbocycles. The van der Waals surface area contributed by atoms with Crippen molar-refractivity contribution in [3.05, 3.63) is 40.0 Å². The SMILES string of the molecule is CC(Cn1cc([N+](=O)[O-])cn1)C(=O)N1CCN(S(=O)(=O)c2cccs2)CC1. The van der Waals surface area contributed by atoms with Gasteiger partial charge in [-0.05, 0) is 11.4 Å². The number of thiophene rings is 1. The zero-order valence-corrected chi connectivity index (χ0v) is 16.2. The van der Waals surface area contributed by atoms with Gasteiger partial charge in [0.1, 0.15) is 16.6 Å². The molecule has 12 heteroatoms. The Balaban J connectivity index is 1.57. The summed E-state index contributed by atoms with van der Waals surface area (Å²) < 4.78 is 28.1. The van der Waals surface area contributed by atoms with E-state index < -0.39 is 20.9 Å². The largest absolute Gasteiger partial charge is 0.340 e. The molecular formula is C15H19N5O5S2. The Labute approximate surface area is 160 Å². The van der Waals surface area contributed by atoms with E-state index in [4.69, 9.17) is 0 Å². The van der Waals surface area contributed by atoms with Gasteiger partial charge in [0.15, 0.2) is 0 Å². The summed E-state index contributed by atoms with van der Waals surface area (Å²) in [5, 5.41) is 16.3. The lowest BCUT2D eigenvalue weighted by atomic mass is 10.1. The fourth-order valence-electron chi connectivity index (χ4n) is 2.90. The Morgan fingerprint density at radius 1 is 1.37 bits per heavy atom. The molecule has 1 aliphatic rings. The van der Waals surface area contributed by atoms with Crippen molar-refractivity contribution in [2.75, 3.05) is 26.2 Å². The molecule has 0 aliphatic carbocycles. The summed E-state index contributed by atoms with van der Waals surface area (Å²) in [4.78, 5) is 24.4. The summed E-state index contributed by atoms with van der Waals surface area (Å²) in [7, 11) is -3.51. The fourth-order valence-corrected chi connectivity index (χ4v) is 5.47. The minimum absolute atomic E-state index is 0.123. The predicted octanol–water partition coefficient (Wildman–Crippen LogP) is 1.02. The molecule has 0 N–H and O–H groups in total. The van der Waals surface area contributed by atoms with Crippen LogP contribution in [0, 0.1) is 16.0 Å². The van der Waals surface area contributed by atoms with Gasteiger partial charge in [-0.2, -0.15) is 9.40 Å². The topological polar surface area (TPSA) is 119 Å². The molecule has 10 nitrogen and oxygen atoms in total. The van der Waals surface area contributed by atoms with Crippen molar-refractivity contribution in [1.82, 2.24) is 19.0 Å². The summed E-state index contributed by atoms with van der Waals surface area (Å²) in [6.07, 6.45) is 2.43. The van der Waals surface area contributed by atoms with E-state index in [0.29, 0.717) is 17.3 Å². The third-order valence-corrected chi connectivity index (χ3v) is 7.62. The second-order valence-corrected chi connectivity index (χ2v) is 9.35. The van der Waals surface area contributed by atoms with Crippen molar-refractivity contribution in [3.63, 3.8) is 0 Å². The third kappa shape index (κ3) is 4.17. The second kappa shape index (κ2) is 7.74. The predicted molar refractivity (Wildman–Crippen MR) is 97.7 cm³/mol. The molecule has 0 spiro atoms. The summed E-state index contributed by atoms with van der Waals surface area (Å²) >= 11 is 1.17. The molecule has 1 fully saturated rings. The van der Waals surface area contributed by atoms with Gasteiger partial charge < -0.3 is 4.90 Å². The zero-order chi connectivity index (χ0) is 19.6. The highest BCUT2D eigenvalue weighted by Gasteiger charge is 2.32. The Bertz CT molecular complexity index is 916. The molecule has 2 aromatic heterocycles. The van der Waals surface area contributed by atoms with Gasteiger partial charge >= 0.3 is 5.69 Å². The number of aromatic nitrogens is 2. The lowest BCUT2D eigenvalue weighted by Gasteiger charge is -2.35. The molecule has 1 aliphatic heterocycles. The van der Waals surface area contributed by atoms with Crippen LogP contribution in [0.1, 0.15) is 6.92 Å². The van der Waals surface area contributed by atoms with Crippen molar-refractivity contribution in [3.8, 4) is 0 Å². The summed E-state index contributed by atoms with van der Waals surface area (Å²) in [6, 6.07) is 3.27. The first-order valence-electron chi connectivity index (χ1n) is 8.28. The Morgan fingerprint density at radius 2 is 2.07 bits per heavy atom. The minimum atomic E-state index is -3.51. The highest BCUT2D eigenvalue weighted by molar-refractivity contribution is 7.91. The number of rotatable bonds is 6. The molecule has 3 rings (SSSR count). The van der Waals surface area contributed by atoms with E-state index in [1.54, 1.807) is 29.3 Å². The van der Waals surface area contributed by atoms with E-state index in [2.05, 4.69) is 5.10 Å². The summed E-state index contributed by atoms with van der Waals surface area (Å²) in [5.74, 6) is -0.550. The molecule has 27 heavy (non-hydrogen) atoms. The average molecular weight is 413 g/mol. The van der Waals surface area contributed by atoms with Crippen LogP contribution in [-0.2, 0) is 21.4 Å². The van der Waals surface area contributed by atoms with Gasteiger partial charge in [-0.15, -0.1) is 11.3 Å². The van der Waals surface area contributed by atoms with Crippen LogP contribution in [0.5, 0.6) is 0 Å². The quantitative estimate of drug-likeness (QED) is 0.515. The highest BCUT2D eigenvalue weighted by Crippen LogP contribution is 2.22. The number of amides is 1. The number of sulfonamides is 1. The lowest BCUT2D eigenvalue weighted by molar-refractivity contribution is -0.385. The van der Waals surface area contributed by atoms with Crippen molar-refractivity contribution < 1.29 is 18.1 Å². The normalized spacial score (nSPS) is 17.0. The molecule has 2 aromatic rings. The monoisotopic (exact) mass is 413 g/mol. The van der Waals surface area contributed by atoms with E-state index in [1.807, 2.05) is 0 Å². The molecular weight excluding hydrogens is 394 g/mol. The van der Waals surface area contributed by atoms with E-state index in [9.17, 15) is 23.3 Å². The first-order chi connectivity index (χ1) is 12.8. The Morgan fingerprint density at radius 3 is 2.63 bits per heavy atom. The molecule has 3 heterocycles.